The highest BCUT2D eigenvalue weighted by atomic mass is 32.2. The number of carbonyl (C=O) groups is 1. The Balaban J connectivity index is 1.92. The second-order valence-corrected chi connectivity index (χ2v) is 7.46. The van der Waals surface area contributed by atoms with E-state index < -0.39 is 16.6 Å². The molecule has 26 heavy (non-hydrogen) atoms. The SMILES string of the molecule is Cc1c(CO)c(C(=O)N2CCOCC2)nn1NS(=O)(=O)c1ccccc1. The molecule has 0 bridgehead atoms. The normalized spacial score (nSPS) is 15.1. The lowest BCUT2D eigenvalue weighted by Gasteiger charge is -2.26. The standard InChI is InChI=1S/C16H20N4O5S/c1-12-14(11-21)15(16(22)19-7-9-25-10-8-19)17-20(12)18-26(23,24)13-5-3-2-4-6-13/h2-6,18,21H,7-11H2,1H3. The first-order valence-electron chi connectivity index (χ1n) is 8.08. The Hall–Kier alpha value is -2.43. The van der Waals surface area contributed by atoms with Crippen LogP contribution in [0.15, 0.2) is 35.2 Å². The molecule has 1 amide bonds. The first-order valence-corrected chi connectivity index (χ1v) is 9.56. The van der Waals surface area contributed by atoms with E-state index >= 15 is 0 Å². The van der Waals surface area contributed by atoms with Crippen LogP contribution < -0.4 is 4.83 Å². The predicted octanol–water partition coefficient (Wildman–Crippen LogP) is 0.0886. The van der Waals surface area contributed by atoms with Crippen molar-refractivity contribution in [1.29, 1.82) is 0 Å². The van der Waals surface area contributed by atoms with E-state index in [1.807, 2.05) is 0 Å². The molecule has 0 atom stereocenters. The molecule has 0 aliphatic carbocycles. The molecular formula is C16H20N4O5S. The van der Waals surface area contributed by atoms with Crippen molar-refractivity contribution >= 4 is 15.9 Å². The van der Waals surface area contributed by atoms with Gasteiger partial charge in [0.25, 0.3) is 15.9 Å². The minimum absolute atomic E-state index is 0.0302. The molecule has 2 aromatic rings. The van der Waals surface area contributed by atoms with Gasteiger partial charge in [-0.25, -0.2) is 0 Å². The van der Waals surface area contributed by atoms with Gasteiger partial charge >= 0.3 is 0 Å². The van der Waals surface area contributed by atoms with Crippen LogP contribution in [0.4, 0.5) is 0 Å². The van der Waals surface area contributed by atoms with Crippen LogP contribution in [0.5, 0.6) is 0 Å². The van der Waals surface area contributed by atoms with Gasteiger partial charge in [0.05, 0.1) is 30.4 Å². The lowest BCUT2D eigenvalue weighted by Crippen LogP contribution is -2.41. The van der Waals surface area contributed by atoms with Crippen LogP contribution in [0.1, 0.15) is 21.7 Å². The van der Waals surface area contributed by atoms with Crippen molar-refractivity contribution in [2.75, 3.05) is 31.1 Å². The number of sulfonamides is 1. The number of rotatable bonds is 5. The molecule has 2 N–H and O–H groups in total. The van der Waals surface area contributed by atoms with Gasteiger partial charge in [0, 0.05) is 18.7 Å². The highest BCUT2D eigenvalue weighted by molar-refractivity contribution is 7.92. The monoisotopic (exact) mass is 380 g/mol. The second-order valence-electron chi connectivity index (χ2n) is 5.79. The van der Waals surface area contributed by atoms with Crippen molar-refractivity contribution in [3.05, 3.63) is 47.3 Å². The summed E-state index contributed by atoms with van der Waals surface area (Å²) in [6, 6.07) is 7.83. The molecule has 1 aliphatic heterocycles. The highest BCUT2D eigenvalue weighted by Gasteiger charge is 2.27. The van der Waals surface area contributed by atoms with Crippen molar-refractivity contribution in [2.24, 2.45) is 0 Å². The number of nitrogens with one attached hydrogen (secondary N) is 1. The average molecular weight is 380 g/mol. The number of amides is 1. The van der Waals surface area contributed by atoms with E-state index in [1.54, 1.807) is 30.0 Å². The average Bonchev–Trinajstić information content (AvgIpc) is 2.97. The molecule has 9 nitrogen and oxygen atoms in total. The van der Waals surface area contributed by atoms with Crippen molar-refractivity contribution in [1.82, 2.24) is 14.8 Å². The van der Waals surface area contributed by atoms with Crippen LogP contribution in [-0.2, 0) is 21.4 Å². The van der Waals surface area contributed by atoms with E-state index in [1.165, 1.54) is 12.1 Å². The van der Waals surface area contributed by atoms with Gasteiger partial charge in [-0.2, -0.15) is 18.0 Å². The Morgan fingerprint density at radius 2 is 1.92 bits per heavy atom. The number of aromatic nitrogens is 2. The van der Waals surface area contributed by atoms with E-state index in [2.05, 4.69) is 9.93 Å². The molecule has 1 fully saturated rings. The molecule has 0 radical (unpaired) electrons. The van der Waals surface area contributed by atoms with Gasteiger partial charge < -0.3 is 14.7 Å². The topological polar surface area (TPSA) is 114 Å². The van der Waals surface area contributed by atoms with Crippen molar-refractivity contribution in [3.8, 4) is 0 Å². The quantitative estimate of drug-likeness (QED) is 0.760. The van der Waals surface area contributed by atoms with Gasteiger partial charge in [-0.15, -0.1) is 5.10 Å². The summed E-state index contributed by atoms with van der Waals surface area (Å²) in [5.74, 6) is -0.363. The molecule has 1 aromatic heterocycles. The van der Waals surface area contributed by atoms with Gasteiger partial charge in [-0.3, -0.25) is 4.79 Å². The summed E-state index contributed by atoms with van der Waals surface area (Å²) in [6.07, 6.45) is 0. The lowest BCUT2D eigenvalue weighted by atomic mass is 10.2. The van der Waals surface area contributed by atoms with Crippen LogP contribution in [-0.4, -0.2) is 60.5 Å². The van der Waals surface area contributed by atoms with Crippen LogP contribution in [0.2, 0.25) is 0 Å². The fourth-order valence-corrected chi connectivity index (χ4v) is 3.69. The zero-order chi connectivity index (χ0) is 18.7. The zero-order valence-corrected chi connectivity index (χ0v) is 15.1. The smallest absolute Gasteiger partial charge is 0.276 e. The largest absolute Gasteiger partial charge is 0.392 e. The van der Waals surface area contributed by atoms with E-state index in [4.69, 9.17) is 4.74 Å². The second kappa shape index (κ2) is 7.44. The number of carbonyl (C=O) groups excluding carboxylic acids is 1. The van der Waals surface area contributed by atoms with Crippen LogP contribution in [0.3, 0.4) is 0 Å². The van der Waals surface area contributed by atoms with E-state index in [9.17, 15) is 18.3 Å². The summed E-state index contributed by atoms with van der Waals surface area (Å²) in [4.78, 5) is 17.7. The molecule has 1 aliphatic rings. The van der Waals surface area contributed by atoms with E-state index in [0.29, 0.717) is 32.0 Å². The van der Waals surface area contributed by atoms with Crippen molar-refractivity contribution < 1.29 is 23.1 Å². The van der Waals surface area contributed by atoms with Crippen LogP contribution >= 0.6 is 0 Å². The first-order chi connectivity index (χ1) is 12.4. The molecule has 140 valence electrons. The Labute approximate surface area is 151 Å². The molecule has 0 spiro atoms. The van der Waals surface area contributed by atoms with Gasteiger partial charge in [0.2, 0.25) is 0 Å². The third-order valence-corrected chi connectivity index (χ3v) is 5.47. The number of nitrogens with zero attached hydrogens (tertiary/aromatic N) is 3. The minimum Gasteiger partial charge on any atom is -0.392 e. The van der Waals surface area contributed by atoms with Gasteiger partial charge in [0.1, 0.15) is 0 Å². The maximum atomic E-state index is 12.7. The number of ether oxygens (including phenoxy) is 1. The number of aliphatic hydroxyl groups is 1. The summed E-state index contributed by atoms with van der Waals surface area (Å²) in [6.45, 7) is 2.87. The maximum absolute atomic E-state index is 12.7. The molecule has 0 unspecified atom stereocenters. The Kier molecular flexibility index (Phi) is 5.25. The summed E-state index contributed by atoms with van der Waals surface area (Å²) in [5.41, 5.74) is 0.670. The number of hydrogen-bond acceptors (Lipinski definition) is 6. The van der Waals surface area contributed by atoms with Crippen molar-refractivity contribution in [2.45, 2.75) is 18.4 Å². The fourth-order valence-electron chi connectivity index (χ4n) is 2.67. The van der Waals surface area contributed by atoms with Crippen molar-refractivity contribution in [3.63, 3.8) is 0 Å². The van der Waals surface area contributed by atoms with Gasteiger partial charge in [0.15, 0.2) is 5.69 Å². The minimum atomic E-state index is -3.87. The van der Waals surface area contributed by atoms with Gasteiger partial charge in [-0.1, -0.05) is 18.2 Å². The molecule has 1 saturated heterocycles. The summed E-state index contributed by atoms with van der Waals surface area (Å²) >= 11 is 0. The number of morpholine rings is 1. The summed E-state index contributed by atoms with van der Waals surface area (Å²) < 4.78 is 30.2. The zero-order valence-electron chi connectivity index (χ0n) is 14.3. The predicted molar refractivity (Wildman–Crippen MR) is 92.6 cm³/mol. The summed E-state index contributed by atoms with van der Waals surface area (Å²) in [7, 11) is -3.87. The Bertz CT molecular complexity index is 889. The molecule has 2 heterocycles. The first kappa shape index (κ1) is 18.4. The van der Waals surface area contributed by atoms with Gasteiger partial charge in [-0.05, 0) is 19.1 Å². The molecule has 0 saturated carbocycles. The Morgan fingerprint density at radius 1 is 1.27 bits per heavy atom. The third kappa shape index (κ3) is 3.57. The van der Waals surface area contributed by atoms with Crippen LogP contribution in [0, 0.1) is 6.92 Å². The third-order valence-electron chi connectivity index (χ3n) is 4.16. The van der Waals surface area contributed by atoms with E-state index in [0.717, 1.165) is 4.79 Å². The molecule has 1 aromatic carbocycles. The fraction of sp³-hybridized carbons (Fsp3) is 0.375. The summed E-state index contributed by atoms with van der Waals surface area (Å²) in [5, 5.41) is 13.7. The lowest BCUT2D eigenvalue weighted by molar-refractivity contribution is 0.0297. The highest BCUT2D eigenvalue weighted by Crippen LogP contribution is 2.17. The molecular weight excluding hydrogens is 360 g/mol. The Morgan fingerprint density at radius 3 is 2.54 bits per heavy atom. The molecule has 10 heteroatoms. The molecule has 3 rings (SSSR count). The van der Waals surface area contributed by atoms with E-state index in [-0.39, 0.29) is 22.1 Å². The van der Waals surface area contributed by atoms with Crippen LogP contribution in [0.25, 0.3) is 0 Å². The number of benzene rings is 1. The number of hydrogen-bond donors (Lipinski definition) is 2. The number of aliphatic hydroxyl groups excluding tert-OH is 1. The maximum Gasteiger partial charge on any atom is 0.276 e.